The average molecular weight is 2570 g/mol. The molecule has 0 saturated heterocycles. The molecule has 1 amide bonds. The molecule has 11 aromatic rings. The zero-order valence-electron chi connectivity index (χ0n) is 83.3. The van der Waals surface area contributed by atoms with Crippen molar-refractivity contribution >= 4 is 218 Å². The van der Waals surface area contributed by atoms with Gasteiger partial charge in [-0.3, -0.25) is 67.2 Å². The first-order valence-corrected chi connectivity index (χ1v) is 49.3. The van der Waals surface area contributed by atoms with E-state index in [0.717, 1.165) is 15.2 Å². The number of carbonyl (C=O) groups is 8. The monoisotopic (exact) mass is 2570 g/mol. The first kappa shape index (κ1) is 130. The molecular weight excluding hydrogens is 2460 g/mol. The van der Waals surface area contributed by atoms with Crippen molar-refractivity contribution in [1.29, 1.82) is 0 Å². The zero-order chi connectivity index (χ0) is 106. The molecule has 45 heteroatoms. The van der Waals surface area contributed by atoms with E-state index in [4.69, 9.17) is 66.4 Å². The number of nitrogens with zero attached hydrogens (tertiary/aromatic N) is 6. The van der Waals surface area contributed by atoms with Gasteiger partial charge < -0.3 is 104 Å². The van der Waals surface area contributed by atoms with Gasteiger partial charge in [-0.1, -0.05) is 12.1 Å². The second kappa shape index (κ2) is 66.9. The fraction of sp³-hybridized carbons (Fsp3) is 0.333. The number of amides is 1. The van der Waals surface area contributed by atoms with Crippen LogP contribution in [0.1, 0.15) is 165 Å². The van der Waals surface area contributed by atoms with Crippen molar-refractivity contribution < 1.29 is 122 Å². The number of aryl methyl sites for hydroxylation is 4. The minimum absolute atomic E-state index is 0. The number of thiophene rings is 1. The van der Waals surface area contributed by atoms with E-state index in [0.29, 0.717) is 138 Å². The quantitative estimate of drug-likeness (QED) is 0.00906. The number of hydroxylamine groups is 2. The molecule has 0 spiro atoms. The van der Waals surface area contributed by atoms with Crippen molar-refractivity contribution in [1.82, 2.24) is 28.3 Å². The molecule has 34 nitrogen and oxygen atoms in total. The molecule has 0 atom stereocenters. The molecule has 6 heterocycles. The Morgan fingerprint density at radius 3 is 1.17 bits per heavy atom. The third-order valence-corrected chi connectivity index (χ3v) is 25.6. The number of hydrogen-bond acceptors (Lipinski definition) is 30. The fourth-order valence-electron chi connectivity index (χ4n) is 13.0. The van der Waals surface area contributed by atoms with Crippen LogP contribution in [0, 0.1) is 26.5 Å². The predicted molar refractivity (Wildman–Crippen MR) is 588 cm³/mol. The Balaban J connectivity index is 0.000000597. The Morgan fingerprint density at radius 1 is 0.451 bits per heavy atom. The first-order chi connectivity index (χ1) is 67.8. The summed E-state index contributed by atoms with van der Waals surface area (Å²) in [7, 11) is 26.7. The molecule has 0 unspecified atom stereocenters. The van der Waals surface area contributed by atoms with Gasteiger partial charge in [-0.05, 0) is 213 Å². The smallest absolute Gasteiger partial charge is 1.00 e. The molecule has 0 bridgehead atoms. The molecule has 11 rings (SSSR count). The minimum atomic E-state index is -0.519. The Bertz CT molecular complexity index is 6590. The molecule has 771 valence electrons. The average Bonchev–Trinajstić information content (AvgIpc) is 1.56. The number of ether oxygens (including phenoxy) is 13. The van der Waals surface area contributed by atoms with E-state index in [-0.39, 0.29) is 171 Å². The molecule has 1 radical (unpaired) electrons. The second-order valence-electron chi connectivity index (χ2n) is 28.9. The summed E-state index contributed by atoms with van der Waals surface area (Å²) in [5.74, 6) is 3.33. The summed E-state index contributed by atoms with van der Waals surface area (Å²) in [5, 5.41) is 3.36. The third-order valence-electron chi connectivity index (χ3n) is 20.4. The summed E-state index contributed by atoms with van der Waals surface area (Å²) in [4.78, 5) is 168. The Morgan fingerprint density at radius 2 is 0.806 bits per heavy atom. The number of rotatable bonds is 38. The topological polar surface area (TPSA) is 402 Å². The number of aromatic nitrogens is 5. The Hall–Kier alpha value is -10.1. The molecule has 144 heavy (non-hydrogen) atoms. The van der Waals surface area contributed by atoms with E-state index in [2.05, 4.69) is 45.7 Å². The minimum Gasteiger partial charge on any atom is -1.00 e. The number of thiol groups is 1. The molecule has 0 aliphatic rings. The van der Waals surface area contributed by atoms with Crippen molar-refractivity contribution in [3.05, 3.63) is 254 Å². The van der Waals surface area contributed by atoms with Gasteiger partial charge in [0.05, 0.1) is 134 Å². The number of nitrogens with one attached hydrogen (secondary N) is 1. The normalized spacial score (nSPS) is 10.0. The molecule has 0 fully saturated rings. The molecule has 0 aliphatic heterocycles. The third kappa shape index (κ3) is 36.2. The SMILES string of the molecule is CCn1cc(C(=O)CCC(=O)c2ccc(OC)c(OC)c2)c(=O)c(-c2csc3c(F)cccc23)c1OC.CCn1cc(C(=O)CCC(=O)c2ccc(OC)c(OC)c2)c(=O)c(Br)c1OC.CCn1cc(C(=O)CCC(=O)c2ccc(OC)c(OC)c2)c(=O)cc1OC.CCn1cc(I)c(=O)c(I)c1OC.COc1[nH]cc(I)c(=O)c1I.COc1ccc(C(=O)CCC(=O)N(C)OC)cc1OC.C[CH-]C.[B]=NS.[Cl-].[Mg+2]. The van der Waals surface area contributed by atoms with Crippen molar-refractivity contribution in [2.24, 2.45) is 4.30 Å². The summed E-state index contributed by atoms with van der Waals surface area (Å²) in [6, 6.07) is 25.3. The number of methoxy groups -OCH3 is 13. The summed E-state index contributed by atoms with van der Waals surface area (Å²) >= 11 is 15.6. The van der Waals surface area contributed by atoms with Crippen molar-refractivity contribution in [2.45, 2.75) is 119 Å². The maximum atomic E-state index is 14.4. The van der Waals surface area contributed by atoms with Gasteiger partial charge in [0.2, 0.25) is 51.1 Å². The van der Waals surface area contributed by atoms with E-state index in [9.17, 15) is 66.7 Å². The molecular formula is C99H112BBrClFI4MgN7O27S2. The van der Waals surface area contributed by atoms with Crippen LogP contribution in [0.4, 0.5) is 4.39 Å². The number of aromatic amines is 1. The van der Waals surface area contributed by atoms with Crippen LogP contribution in [0.3, 0.4) is 0 Å². The number of ketones is 7. The maximum Gasteiger partial charge on any atom is 2.00 e. The standard InChI is InChI=1S/C28H26FNO6S.C20H22BrNO6.C20H23NO6.C14H19NO5.C8H9I2NO2.C6H5I2NO2.C3H7.BHNS.ClH.Mg/c1-5-30-14-18(22(32)11-10-21(31)16-9-12-23(34-2)24(13-16)35-3)26(33)25(28(30)36-4)19-15-37-27-17(19)7-6-8-20(27)29;1-5-22-11-13(19(25)18(21)20(22)28-4)15(24)8-7-14(23)12-6-9-16(26-2)17(10-12)27-3;1-5-21-12-14(17(24)11-20(21)27-4)16(23)8-7-15(22)13-6-9-18(25-2)19(10-13)26-3;1-15(20-4)14(17)8-6-11(16)10-5-7-12(18-2)13(9-10)19-3;1-3-11-4-5(9)7(12)6(10)8(11)13-2;1-11-6-4(8)5(10)3(7)2-9-6;1-3-2;1-2-3;;/h6-9,12-15H,5,10-11H2,1-4H3;6,9-11H,5,7-8H2,1-4H3;6,9-12H,5,7-8H2,1-4H3;5,7,9H,6,8H2,1-4H3;4H,3H2,1-2H3;2H,1H3,(H,9,10);3H,1-2H3;3H;1H;/q;;;;;;-1;;;+2/p-1. The summed E-state index contributed by atoms with van der Waals surface area (Å²) < 4.78 is 94.5. The van der Waals surface area contributed by atoms with E-state index >= 15 is 0 Å². The van der Waals surface area contributed by atoms with Crippen molar-refractivity contribution in [3.63, 3.8) is 0 Å². The number of hydrogen-bond donors (Lipinski definition) is 2. The van der Waals surface area contributed by atoms with Crippen LogP contribution in [-0.4, -0.2) is 212 Å². The number of carbonyl (C=O) groups excluding carboxylic acids is 8. The van der Waals surface area contributed by atoms with Gasteiger partial charge in [-0.15, -0.1) is 11.3 Å². The largest absolute Gasteiger partial charge is 2.00 e. The number of fused-ring (bicyclic) bond motifs is 1. The Labute approximate surface area is 929 Å². The van der Waals surface area contributed by atoms with Gasteiger partial charge in [-0.2, -0.15) is 13.8 Å². The van der Waals surface area contributed by atoms with Crippen LogP contribution in [0.5, 0.6) is 75.4 Å². The summed E-state index contributed by atoms with van der Waals surface area (Å²) in [6.45, 7) is 13.9. The first-order valence-electron chi connectivity index (χ1n) is 43.0. The molecule has 6 aromatic heterocycles. The van der Waals surface area contributed by atoms with Crippen LogP contribution in [-0.2, 0) is 35.8 Å². The molecule has 0 aliphatic carbocycles. The number of Topliss-reactive ketones (excluding diaryl/α,β-unsaturated/α-hetero) is 7. The van der Waals surface area contributed by atoms with E-state index < -0.39 is 27.9 Å². The number of pyridine rings is 5. The molecule has 0 saturated carbocycles. The van der Waals surface area contributed by atoms with Crippen LogP contribution in [0.15, 0.2) is 166 Å². The molecule has 5 aromatic carbocycles. The van der Waals surface area contributed by atoms with Crippen LogP contribution in [0.25, 0.3) is 21.2 Å². The molecule has 1 N–H and O–H groups in total. The predicted octanol–water partition coefficient (Wildman–Crippen LogP) is 15.4. The Kier molecular flexibility index (Phi) is 60.4. The van der Waals surface area contributed by atoms with E-state index in [1.165, 1.54) is 142 Å². The number of halogens is 7. The van der Waals surface area contributed by atoms with Crippen LogP contribution >= 0.6 is 130 Å². The van der Waals surface area contributed by atoms with E-state index in [1.807, 2.05) is 149 Å². The fourth-order valence-corrected chi connectivity index (χ4v) is 18.1. The van der Waals surface area contributed by atoms with Gasteiger partial charge in [0.25, 0.3) is 0 Å². The van der Waals surface area contributed by atoms with Crippen molar-refractivity contribution in [2.75, 3.05) is 107 Å². The zero-order valence-corrected chi connectivity index (χ0v) is 97.4. The van der Waals surface area contributed by atoms with Crippen molar-refractivity contribution in [3.8, 4) is 86.5 Å². The summed E-state index contributed by atoms with van der Waals surface area (Å²) in [5.41, 5.74) is 1.07. The van der Waals surface area contributed by atoms with Crippen LogP contribution in [0.2, 0.25) is 0 Å². The van der Waals surface area contributed by atoms with Gasteiger partial charge >= 0.3 is 47.8 Å². The van der Waals surface area contributed by atoms with Crippen LogP contribution < -0.4 is 101 Å². The van der Waals surface area contributed by atoms with Gasteiger partial charge in [0.15, 0.2) is 97.8 Å². The summed E-state index contributed by atoms with van der Waals surface area (Å²) in [6.07, 6.45) is 9.64. The van der Waals surface area contributed by atoms with Gasteiger partial charge in [-0.25, -0.2) is 9.45 Å². The van der Waals surface area contributed by atoms with Gasteiger partial charge in [0.1, 0.15) is 17.4 Å². The maximum absolute atomic E-state index is 14.4. The number of H-pyrrole nitrogens is 1. The second-order valence-corrected chi connectivity index (χ2v) is 35.3. The van der Waals surface area contributed by atoms with E-state index in [1.54, 1.807) is 117 Å². The van der Waals surface area contributed by atoms with Gasteiger partial charge in [0, 0.05) is 160 Å². The number of benzene rings is 5.